The fraction of sp³-hybridized carbons (Fsp3) is 0.455. The first-order valence-electron chi connectivity index (χ1n) is 9.95. The van der Waals surface area contributed by atoms with Gasteiger partial charge in [0, 0.05) is 22.2 Å². The van der Waals surface area contributed by atoms with E-state index in [1.54, 1.807) is 6.92 Å². The van der Waals surface area contributed by atoms with Gasteiger partial charge in [-0.2, -0.15) is 0 Å². The Morgan fingerprint density at radius 3 is 2.62 bits per heavy atom. The Morgan fingerprint density at radius 2 is 1.97 bits per heavy atom. The molecule has 0 radical (unpaired) electrons. The molecule has 7 heteroatoms. The summed E-state index contributed by atoms with van der Waals surface area (Å²) < 4.78 is 5.28. The van der Waals surface area contributed by atoms with Gasteiger partial charge in [0.15, 0.2) is 11.5 Å². The first kappa shape index (κ1) is 21.2. The minimum Gasteiger partial charge on any atom is -0.480 e. The molecular formula is C22H27NO5S. The SMILES string of the molecule is Cc1c(-c2cccc(NC(C)C3CCCCC3)c2)sc(C(=O)O)c1OCC(=O)O. The normalized spacial score (nSPS) is 15.7. The second-order valence-corrected chi connectivity index (χ2v) is 8.63. The fourth-order valence-corrected chi connectivity index (χ4v) is 5.07. The van der Waals surface area contributed by atoms with E-state index < -0.39 is 18.5 Å². The van der Waals surface area contributed by atoms with E-state index in [1.807, 2.05) is 24.3 Å². The molecule has 1 unspecified atom stereocenters. The van der Waals surface area contributed by atoms with E-state index in [9.17, 15) is 14.7 Å². The maximum Gasteiger partial charge on any atom is 0.349 e. The zero-order valence-corrected chi connectivity index (χ0v) is 17.6. The molecule has 6 nitrogen and oxygen atoms in total. The van der Waals surface area contributed by atoms with Gasteiger partial charge in [0.25, 0.3) is 0 Å². The molecule has 1 aliphatic carbocycles. The molecule has 0 bridgehead atoms. The van der Waals surface area contributed by atoms with Gasteiger partial charge in [-0.1, -0.05) is 31.4 Å². The van der Waals surface area contributed by atoms with Crippen molar-refractivity contribution < 1.29 is 24.5 Å². The van der Waals surface area contributed by atoms with E-state index in [2.05, 4.69) is 12.2 Å². The van der Waals surface area contributed by atoms with E-state index >= 15 is 0 Å². The molecule has 1 aromatic carbocycles. The summed E-state index contributed by atoms with van der Waals surface area (Å²) in [7, 11) is 0. The van der Waals surface area contributed by atoms with Crippen molar-refractivity contribution in [1.29, 1.82) is 0 Å². The van der Waals surface area contributed by atoms with Gasteiger partial charge in [-0.3, -0.25) is 0 Å². The number of benzene rings is 1. The lowest BCUT2D eigenvalue weighted by Gasteiger charge is -2.29. The lowest BCUT2D eigenvalue weighted by molar-refractivity contribution is -0.139. The number of anilines is 1. The van der Waals surface area contributed by atoms with Crippen LogP contribution in [0.4, 0.5) is 5.69 Å². The molecule has 1 fully saturated rings. The van der Waals surface area contributed by atoms with Crippen molar-refractivity contribution in [3.63, 3.8) is 0 Å². The lowest BCUT2D eigenvalue weighted by Crippen LogP contribution is -2.27. The number of carboxylic acids is 2. The van der Waals surface area contributed by atoms with Gasteiger partial charge in [0.1, 0.15) is 5.75 Å². The van der Waals surface area contributed by atoms with Gasteiger partial charge in [-0.15, -0.1) is 11.3 Å². The molecule has 0 saturated heterocycles. The number of aromatic carboxylic acids is 1. The monoisotopic (exact) mass is 417 g/mol. The van der Waals surface area contributed by atoms with Gasteiger partial charge in [0.05, 0.1) is 0 Å². The average molecular weight is 418 g/mol. The lowest BCUT2D eigenvalue weighted by atomic mass is 9.84. The maximum absolute atomic E-state index is 11.6. The highest BCUT2D eigenvalue weighted by atomic mass is 32.1. The average Bonchev–Trinajstić information content (AvgIpc) is 3.04. The number of rotatable bonds is 8. The summed E-state index contributed by atoms with van der Waals surface area (Å²) >= 11 is 1.11. The standard InChI is InChI=1S/C22H27NO5S/c1-13-19(28-12-18(24)25)21(22(26)27)29-20(13)16-9-6-10-17(11-16)23-14(2)15-7-4-3-5-8-15/h6,9-11,14-15,23H,3-5,7-8,12H2,1-2H3,(H,24,25)(H,26,27). The topological polar surface area (TPSA) is 95.9 Å². The molecule has 3 N–H and O–H groups in total. The van der Waals surface area contributed by atoms with Crippen LogP contribution in [0.1, 0.15) is 54.3 Å². The number of hydrogen-bond acceptors (Lipinski definition) is 5. The van der Waals surface area contributed by atoms with Crippen molar-refractivity contribution in [3.05, 3.63) is 34.7 Å². The predicted molar refractivity (Wildman–Crippen MR) is 114 cm³/mol. The van der Waals surface area contributed by atoms with Crippen LogP contribution in [0.25, 0.3) is 10.4 Å². The van der Waals surface area contributed by atoms with Crippen LogP contribution < -0.4 is 10.1 Å². The minimum atomic E-state index is -1.14. The van der Waals surface area contributed by atoms with E-state index in [0.717, 1.165) is 27.5 Å². The molecule has 1 saturated carbocycles. The molecule has 1 atom stereocenters. The largest absolute Gasteiger partial charge is 0.480 e. The molecule has 2 aromatic rings. The summed E-state index contributed by atoms with van der Waals surface area (Å²) in [6.45, 7) is 3.41. The summed E-state index contributed by atoms with van der Waals surface area (Å²) in [4.78, 5) is 23.3. The number of ether oxygens (including phenoxy) is 1. The van der Waals surface area contributed by atoms with Crippen LogP contribution in [0.3, 0.4) is 0 Å². The second kappa shape index (κ2) is 9.31. The van der Waals surface area contributed by atoms with Crippen molar-refractivity contribution >= 4 is 29.0 Å². The van der Waals surface area contributed by atoms with E-state index in [4.69, 9.17) is 9.84 Å². The first-order chi connectivity index (χ1) is 13.9. The molecule has 0 amide bonds. The summed E-state index contributed by atoms with van der Waals surface area (Å²) in [5.74, 6) is -1.46. The van der Waals surface area contributed by atoms with Crippen LogP contribution in [-0.4, -0.2) is 34.8 Å². The summed E-state index contributed by atoms with van der Waals surface area (Å²) in [5, 5.41) is 22.0. The Labute approximate surface area is 174 Å². The maximum atomic E-state index is 11.6. The molecule has 156 valence electrons. The molecular weight excluding hydrogens is 390 g/mol. The molecule has 29 heavy (non-hydrogen) atoms. The van der Waals surface area contributed by atoms with E-state index in [0.29, 0.717) is 17.5 Å². The highest BCUT2D eigenvalue weighted by Crippen LogP contribution is 2.42. The number of carbonyl (C=O) groups is 2. The van der Waals surface area contributed by atoms with Crippen molar-refractivity contribution in [1.82, 2.24) is 0 Å². The third kappa shape index (κ3) is 5.09. The molecule has 0 aliphatic heterocycles. The van der Waals surface area contributed by atoms with Gasteiger partial charge >= 0.3 is 11.9 Å². The zero-order valence-electron chi connectivity index (χ0n) is 16.7. The summed E-state index contributed by atoms with van der Waals surface area (Å²) in [5.41, 5.74) is 2.53. The van der Waals surface area contributed by atoms with Crippen LogP contribution in [0.2, 0.25) is 0 Å². The number of thiophene rings is 1. The number of nitrogens with one attached hydrogen (secondary N) is 1. The third-order valence-corrected chi connectivity index (χ3v) is 6.81. The zero-order chi connectivity index (χ0) is 21.0. The van der Waals surface area contributed by atoms with Crippen LogP contribution in [0.15, 0.2) is 24.3 Å². The van der Waals surface area contributed by atoms with Crippen molar-refractivity contribution in [2.24, 2.45) is 5.92 Å². The van der Waals surface area contributed by atoms with Crippen LogP contribution >= 0.6 is 11.3 Å². The smallest absolute Gasteiger partial charge is 0.349 e. The van der Waals surface area contributed by atoms with Gasteiger partial charge < -0.3 is 20.3 Å². The molecule has 1 heterocycles. The van der Waals surface area contributed by atoms with Crippen molar-refractivity contribution in [3.8, 4) is 16.2 Å². The number of aliphatic carboxylic acids is 1. The molecule has 3 rings (SSSR count). The van der Waals surface area contributed by atoms with Crippen molar-refractivity contribution in [2.75, 3.05) is 11.9 Å². The van der Waals surface area contributed by atoms with Gasteiger partial charge in [-0.25, -0.2) is 9.59 Å². The Kier molecular flexibility index (Phi) is 6.79. The highest BCUT2D eigenvalue weighted by Gasteiger charge is 2.24. The van der Waals surface area contributed by atoms with Crippen LogP contribution in [0, 0.1) is 12.8 Å². The highest BCUT2D eigenvalue weighted by molar-refractivity contribution is 7.18. The van der Waals surface area contributed by atoms with Crippen molar-refractivity contribution in [2.45, 2.75) is 52.0 Å². The fourth-order valence-electron chi connectivity index (χ4n) is 3.99. The summed E-state index contributed by atoms with van der Waals surface area (Å²) in [6.07, 6.45) is 6.42. The molecule has 1 aromatic heterocycles. The Morgan fingerprint density at radius 1 is 1.24 bits per heavy atom. The molecule has 0 spiro atoms. The second-order valence-electron chi connectivity index (χ2n) is 7.61. The Bertz CT molecular complexity index is 885. The summed E-state index contributed by atoms with van der Waals surface area (Å²) in [6, 6.07) is 8.29. The third-order valence-electron chi connectivity index (χ3n) is 5.50. The Hall–Kier alpha value is -2.54. The molecule has 1 aliphatic rings. The number of carboxylic acid groups (broad SMARTS) is 2. The number of hydrogen-bond donors (Lipinski definition) is 3. The van der Waals surface area contributed by atoms with Gasteiger partial charge in [0.2, 0.25) is 0 Å². The van der Waals surface area contributed by atoms with Crippen LogP contribution in [0.5, 0.6) is 5.75 Å². The predicted octanol–water partition coefficient (Wildman–Crippen LogP) is 5.27. The minimum absolute atomic E-state index is 0.0210. The Balaban J connectivity index is 1.85. The first-order valence-corrected chi connectivity index (χ1v) is 10.8. The van der Waals surface area contributed by atoms with Gasteiger partial charge in [-0.05, 0) is 50.3 Å². The van der Waals surface area contributed by atoms with E-state index in [1.165, 1.54) is 32.1 Å². The van der Waals surface area contributed by atoms with E-state index in [-0.39, 0.29) is 10.6 Å². The quantitative estimate of drug-likeness (QED) is 0.542. The van der Waals surface area contributed by atoms with Crippen LogP contribution in [-0.2, 0) is 4.79 Å².